The van der Waals surface area contributed by atoms with Crippen molar-refractivity contribution in [2.75, 3.05) is 6.54 Å². The van der Waals surface area contributed by atoms with Gasteiger partial charge >= 0.3 is 6.09 Å². The second-order valence-electron chi connectivity index (χ2n) is 5.26. The van der Waals surface area contributed by atoms with E-state index in [2.05, 4.69) is 5.32 Å². The van der Waals surface area contributed by atoms with Crippen LogP contribution in [0.1, 0.15) is 33.6 Å². The van der Waals surface area contributed by atoms with Crippen LogP contribution in [-0.2, 0) is 9.53 Å². The van der Waals surface area contributed by atoms with E-state index in [1.54, 1.807) is 20.8 Å². The number of halogens is 2. The van der Waals surface area contributed by atoms with Crippen LogP contribution in [0.5, 0.6) is 0 Å². The normalized spacial score (nSPS) is 24.7. The summed E-state index contributed by atoms with van der Waals surface area (Å²) in [4.78, 5) is 23.1. The zero-order valence-corrected chi connectivity index (χ0v) is 10.7. The first kappa shape index (κ1) is 14.7. The first-order chi connectivity index (χ1) is 8.17. The summed E-state index contributed by atoms with van der Waals surface area (Å²) in [6, 6.07) is 0. The highest BCUT2D eigenvalue weighted by atomic mass is 19.3. The molecule has 1 fully saturated rings. The fourth-order valence-electron chi connectivity index (χ4n) is 1.71. The van der Waals surface area contributed by atoms with E-state index in [1.807, 2.05) is 5.32 Å². The summed E-state index contributed by atoms with van der Waals surface area (Å²) < 4.78 is 31.1. The molecule has 7 heteroatoms. The van der Waals surface area contributed by atoms with Gasteiger partial charge in [0.15, 0.2) is 5.54 Å². The summed E-state index contributed by atoms with van der Waals surface area (Å²) in [7, 11) is 0. The molecule has 1 atom stereocenters. The molecule has 0 aliphatic carbocycles. The van der Waals surface area contributed by atoms with Crippen molar-refractivity contribution in [3.8, 4) is 0 Å². The van der Waals surface area contributed by atoms with E-state index in [1.165, 1.54) is 0 Å². The molecule has 5 nitrogen and oxygen atoms in total. The molecule has 2 N–H and O–H groups in total. The van der Waals surface area contributed by atoms with Crippen molar-refractivity contribution in [3.63, 3.8) is 0 Å². The number of amides is 2. The zero-order valence-electron chi connectivity index (χ0n) is 10.7. The van der Waals surface area contributed by atoms with Gasteiger partial charge in [-0.3, -0.25) is 4.79 Å². The summed E-state index contributed by atoms with van der Waals surface area (Å²) in [6.07, 6.45) is -3.72. The Kier molecular flexibility index (Phi) is 4.13. The second kappa shape index (κ2) is 5.07. The number of hydrogen-bond acceptors (Lipinski definition) is 3. The molecule has 1 aliphatic rings. The third kappa shape index (κ3) is 3.30. The fraction of sp³-hybridized carbons (Fsp3) is 0.818. The minimum atomic E-state index is -2.98. The first-order valence-electron chi connectivity index (χ1n) is 5.75. The van der Waals surface area contributed by atoms with Crippen molar-refractivity contribution in [1.82, 2.24) is 10.6 Å². The molecule has 2 amide bonds. The van der Waals surface area contributed by atoms with Crippen LogP contribution in [-0.4, -0.2) is 36.1 Å². The average Bonchev–Trinajstić information content (AvgIpc) is 2.18. The maximum Gasteiger partial charge on any atom is 0.408 e. The Balaban J connectivity index is 2.80. The van der Waals surface area contributed by atoms with Gasteiger partial charge in [-0.2, -0.15) is 0 Å². The van der Waals surface area contributed by atoms with Crippen LogP contribution < -0.4 is 10.6 Å². The third-order valence-electron chi connectivity index (χ3n) is 2.54. The molecule has 0 bridgehead atoms. The van der Waals surface area contributed by atoms with Gasteiger partial charge in [0, 0.05) is 6.54 Å². The smallest absolute Gasteiger partial charge is 0.408 e. The van der Waals surface area contributed by atoms with Gasteiger partial charge in [0.1, 0.15) is 5.60 Å². The van der Waals surface area contributed by atoms with E-state index >= 15 is 0 Å². The highest BCUT2D eigenvalue weighted by molar-refractivity contribution is 5.91. The molecule has 0 radical (unpaired) electrons. The molecule has 1 rings (SSSR count). The van der Waals surface area contributed by atoms with E-state index in [0.29, 0.717) is 13.0 Å². The lowest BCUT2D eigenvalue weighted by atomic mass is 9.89. The molecule has 0 aromatic rings. The van der Waals surface area contributed by atoms with Crippen LogP contribution in [0.15, 0.2) is 0 Å². The SMILES string of the molecule is CC(C)(C)OC(=O)NC1(C(F)F)CCCNC1=O. The van der Waals surface area contributed by atoms with Crippen molar-refractivity contribution in [3.05, 3.63) is 0 Å². The predicted molar refractivity (Wildman–Crippen MR) is 60.3 cm³/mol. The molecule has 1 heterocycles. The lowest BCUT2D eigenvalue weighted by Crippen LogP contribution is -2.66. The second-order valence-corrected chi connectivity index (χ2v) is 5.26. The van der Waals surface area contributed by atoms with Gasteiger partial charge in [0.2, 0.25) is 0 Å². The zero-order chi connectivity index (χ0) is 14.0. The van der Waals surface area contributed by atoms with Crippen molar-refractivity contribution < 1.29 is 23.1 Å². The largest absolute Gasteiger partial charge is 0.444 e. The summed E-state index contributed by atoms with van der Waals surface area (Å²) in [5, 5.41) is 4.35. The number of rotatable bonds is 2. The number of hydrogen-bond donors (Lipinski definition) is 2. The Morgan fingerprint density at radius 3 is 2.56 bits per heavy atom. The number of nitrogens with one attached hydrogen (secondary N) is 2. The predicted octanol–water partition coefficient (Wildman–Crippen LogP) is 1.42. The maximum absolute atomic E-state index is 13.1. The highest BCUT2D eigenvalue weighted by Gasteiger charge is 2.50. The van der Waals surface area contributed by atoms with Crippen LogP contribution >= 0.6 is 0 Å². The maximum atomic E-state index is 13.1. The van der Waals surface area contributed by atoms with Crippen LogP contribution in [0.2, 0.25) is 0 Å². The Morgan fingerprint density at radius 2 is 2.11 bits per heavy atom. The molecule has 0 saturated carbocycles. The summed E-state index contributed by atoms with van der Waals surface area (Å²) in [5.41, 5.74) is -2.99. The number of alkyl halides is 2. The van der Waals surface area contributed by atoms with E-state index in [0.717, 1.165) is 0 Å². The highest BCUT2D eigenvalue weighted by Crippen LogP contribution is 2.25. The average molecular weight is 264 g/mol. The van der Waals surface area contributed by atoms with Gasteiger partial charge in [-0.1, -0.05) is 0 Å². The molecule has 0 aromatic carbocycles. The lowest BCUT2D eigenvalue weighted by Gasteiger charge is -2.36. The summed E-state index contributed by atoms with van der Waals surface area (Å²) >= 11 is 0. The van der Waals surface area contributed by atoms with Crippen molar-refractivity contribution in [2.24, 2.45) is 0 Å². The van der Waals surface area contributed by atoms with Gasteiger partial charge in [-0.15, -0.1) is 0 Å². The Labute approximate surface area is 104 Å². The van der Waals surface area contributed by atoms with Crippen LogP contribution in [0.25, 0.3) is 0 Å². The quantitative estimate of drug-likeness (QED) is 0.792. The molecule has 1 saturated heterocycles. The van der Waals surface area contributed by atoms with Gasteiger partial charge in [0.05, 0.1) is 0 Å². The monoisotopic (exact) mass is 264 g/mol. The van der Waals surface area contributed by atoms with Gasteiger partial charge in [-0.25, -0.2) is 13.6 Å². The molecule has 1 unspecified atom stereocenters. The number of ether oxygens (including phenoxy) is 1. The van der Waals surface area contributed by atoms with Gasteiger partial charge < -0.3 is 15.4 Å². The van der Waals surface area contributed by atoms with E-state index < -0.39 is 29.6 Å². The number of alkyl carbamates (subject to hydrolysis) is 1. The molecular formula is C11H18F2N2O3. The standard InChI is InChI=1S/C11H18F2N2O3/c1-10(2,3)18-9(17)15-11(7(12)13)5-4-6-14-8(11)16/h7H,4-6H2,1-3H3,(H,14,16)(H,15,17). The van der Waals surface area contributed by atoms with E-state index in [4.69, 9.17) is 4.74 Å². The third-order valence-corrected chi connectivity index (χ3v) is 2.54. The number of piperidine rings is 1. The first-order valence-corrected chi connectivity index (χ1v) is 5.75. The van der Waals surface area contributed by atoms with Crippen LogP contribution in [0.3, 0.4) is 0 Å². The topological polar surface area (TPSA) is 67.4 Å². The minimum Gasteiger partial charge on any atom is -0.444 e. The number of carbonyl (C=O) groups is 2. The summed E-state index contributed by atoms with van der Waals surface area (Å²) in [6.45, 7) is 5.18. The van der Waals surface area contributed by atoms with Gasteiger partial charge in [0.25, 0.3) is 12.3 Å². The Hall–Kier alpha value is -1.40. The van der Waals surface area contributed by atoms with Crippen molar-refractivity contribution in [2.45, 2.75) is 51.2 Å². The van der Waals surface area contributed by atoms with Gasteiger partial charge in [-0.05, 0) is 33.6 Å². The van der Waals surface area contributed by atoms with E-state index in [-0.39, 0.29) is 6.42 Å². The molecule has 0 spiro atoms. The lowest BCUT2D eigenvalue weighted by molar-refractivity contribution is -0.137. The minimum absolute atomic E-state index is 0.101. The Bertz CT molecular complexity index is 342. The van der Waals surface area contributed by atoms with Crippen molar-refractivity contribution >= 4 is 12.0 Å². The molecule has 0 aromatic heterocycles. The molecule has 104 valence electrons. The molecule has 1 aliphatic heterocycles. The summed E-state index contributed by atoms with van der Waals surface area (Å²) in [5.74, 6) is -0.866. The molecule has 18 heavy (non-hydrogen) atoms. The van der Waals surface area contributed by atoms with Crippen LogP contribution in [0, 0.1) is 0 Å². The molecular weight excluding hydrogens is 246 g/mol. The van der Waals surface area contributed by atoms with Crippen molar-refractivity contribution in [1.29, 1.82) is 0 Å². The van der Waals surface area contributed by atoms with Crippen LogP contribution in [0.4, 0.5) is 13.6 Å². The van der Waals surface area contributed by atoms with E-state index in [9.17, 15) is 18.4 Å². The Morgan fingerprint density at radius 1 is 1.50 bits per heavy atom. The fourth-order valence-corrected chi connectivity index (χ4v) is 1.71. The number of carbonyl (C=O) groups excluding carboxylic acids is 2.